The number of amides is 1. The fraction of sp³-hybridized carbons (Fsp3) is 0.435. The number of carbonyl (C=O) groups excluding carboxylic acids is 1. The number of hydrogen-bond donors (Lipinski definition) is 1. The van der Waals surface area contributed by atoms with Crippen LogP contribution < -0.4 is 11.3 Å². The van der Waals surface area contributed by atoms with Crippen LogP contribution in [0, 0.1) is 0 Å². The molecule has 1 amide bonds. The Balaban J connectivity index is 1.53. The van der Waals surface area contributed by atoms with Crippen LogP contribution >= 0.6 is 23.1 Å². The van der Waals surface area contributed by atoms with Crippen molar-refractivity contribution in [1.82, 2.24) is 9.55 Å². The van der Waals surface area contributed by atoms with Gasteiger partial charge in [0, 0.05) is 22.8 Å². The molecule has 6 nitrogen and oxygen atoms in total. The monoisotopic (exact) mass is 455 g/mol. The Kier molecular flexibility index (Phi) is 5.86. The lowest BCUT2D eigenvalue weighted by molar-refractivity contribution is 0.0937. The van der Waals surface area contributed by atoms with Crippen molar-refractivity contribution in [1.29, 1.82) is 0 Å². The van der Waals surface area contributed by atoms with E-state index in [2.05, 4.69) is 0 Å². The third kappa shape index (κ3) is 4.16. The van der Waals surface area contributed by atoms with E-state index in [0.717, 1.165) is 59.6 Å². The quantitative estimate of drug-likeness (QED) is 0.450. The first-order valence-corrected chi connectivity index (χ1v) is 12.6. The zero-order chi connectivity index (χ0) is 21.4. The minimum absolute atomic E-state index is 0.0592. The number of nitrogens with zero attached hydrogens (tertiary/aromatic N) is 2. The highest BCUT2D eigenvalue weighted by Gasteiger charge is 2.25. The molecular weight excluding hydrogens is 430 g/mol. The highest BCUT2D eigenvalue weighted by molar-refractivity contribution is 7.98. The summed E-state index contributed by atoms with van der Waals surface area (Å²) in [6.45, 7) is 1.29. The van der Waals surface area contributed by atoms with Crippen LogP contribution in [0.2, 0.25) is 0 Å². The Bertz CT molecular complexity index is 1190. The molecule has 1 fully saturated rings. The summed E-state index contributed by atoms with van der Waals surface area (Å²) in [5, 5.41) is 1.54. The summed E-state index contributed by atoms with van der Waals surface area (Å²) in [5.74, 6) is 0.168. The van der Waals surface area contributed by atoms with Crippen molar-refractivity contribution in [3.05, 3.63) is 56.2 Å². The van der Waals surface area contributed by atoms with Gasteiger partial charge in [0.25, 0.3) is 5.56 Å². The Hall–Kier alpha value is -2.16. The fourth-order valence-electron chi connectivity index (χ4n) is 4.45. The number of rotatable bonds is 6. The van der Waals surface area contributed by atoms with E-state index >= 15 is 0 Å². The van der Waals surface area contributed by atoms with Gasteiger partial charge >= 0.3 is 0 Å². The van der Waals surface area contributed by atoms with Crippen molar-refractivity contribution in [2.24, 2.45) is 5.73 Å². The first-order valence-electron chi connectivity index (χ1n) is 10.8. The van der Waals surface area contributed by atoms with Crippen molar-refractivity contribution in [2.45, 2.75) is 62.1 Å². The van der Waals surface area contributed by atoms with Gasteiger partial charge in [-0.15, -0.1) is 11.3 Å². The fourth-order valence-corrected chi connectivity index (χ4v) is 6.70. The number of carbonyl (C=O) groups is 1. The van der Waals surface area contributed by atoms with E-state index in [1.165, 1.54) is 28.6 Å². The lowest BCUT2D eigenvalue weighted by Gasteiger charge is -2.16. The number of ether oxygens (including phenoxy) is 1. The van der Waals surface area contributed by atoms with Gasteiger partial charge in [0.05, 0.1) is 18.0 Å². The molecule has 31 heavy (non-hydrogen) atoms. The van der Waals surface area contributed by atoms with Gasteiger partial charge in [0.15, 0.2) is 5.16 Å². The maximum Gasteiger partial charge on any atom is 0.263 e. The van der Waals surface area contributed by atoms with Crippen molar-refractivity contribution in [3.63, 3.8) is 0 Å². The zero-order valence-corrected chi connectivity index (χ0v) is 18.9. The SMILES string of the molecule is NC(=O)c1cccc(CSc2nc3sc4c(c3c(=O)n2CC2CCCO2)CCCC4)c1. The Labute approximate surface area is 188 Å². The summed E-state index contributed by atoms with van der Waals surface area (Å²) in [5.41, 5.74) is 8.17. The predicted molar refractivity (Wildman–Crippen MR) is 124 cm³/mol. The molecule has 5 rings (SSSR count). The number of aromatic nitrogens is 2. The first-order chi connectivity index (χ1) is 15.1. The molecule has 2 N–H and O–H groups in total. The molecule has 3 heterocycles. The number of aryl methyl sites for hydroxylation is 2. The number of benzene rings is 1. The predicted octanol–water partition coefficient (Wildman–Crippen LogP) is 3.91. The number of thiophene rings is 1. The Morgan fingerprint density at radius 2 is 2.16 bits per heavy atom. The molecule has 162 valence electrons. The van der Waals surface area contributed by atoms with E-state index in [1.54, 1.807) is 23.5 Å². The van der Waals surface area contributed by atoms with Crippen LogP contribution in [0.15, 0.2) is 34.2 Å². The molecule has 1 unspecified atom stereocenters. The van der Waals surface area contributed by atoms with Crippen molar-refractivity contribution < 1.29 is 9.53 Å². The van der Waals surface area contributed by atoms with Crippen LogP contribution in [0.5, 0.6) is 0 Å². The molecule has 0 spiro atoms. The molecule has 3 aromatic rings. The van der Waals surface area contributed by atoms with Gasteiger partial charge in [-0.25, -0.2) is 4.98 Å². The van der Waals surface area contributed by atoms with Gasteiger partial charge in [-0.1, -0.05) is 23.9 Å². The van der Waals surface area contributed by atoms with Crippen LogP contribution in [0.25, 0.3) is 10.2 Å². The number of hydrogen-bond acceptors (Lipinski definition) is 6. The van der Waals surface area contributed by atoms with Gasteiger partial charge in [-0.2, -0.15) is 0 Å². The van der Waals surface area contributed by atoms with E-state index in [9.17, 15) is 9.59 Å². The first kappa shape index (κ1) is 20.7. The molecular formula is C23H25N3O3S2. The second-order valence-corrected chi connectivity index (χ2v) is 10.2. The highest BCUT2D eigenvalue weighted by Crippen LogP contribution is 2.35. The second kappa shape index (κ2) is 8.76. The molecule has 0 radical (unpaired) electrons. The maximum atomic E-state index is 13.6. The summed E-state index contributed by atoms with van der Waals surface area (Å²) >= 11 is 3.21. The smallest absolute Gasteiger partial charge is 0.263 e. The minimum atomic E-state index is -0.439. The summed E-state index contributed by atoms with van der Waals surface area (Å²) in [6, 6.07) is 7.31. The van der Waals surface area contributed by atoms with E-state index < -0.39 is 5.91 Å². The third-order valence-electron chi connectivity index (χ3n) is 6.03. The van der Waals surface area contributed by atoms with Crippen LogP contribution in [0.4, 0.5) is 0 Å². The summed E-state index contributed by atoms with van der Waals surface area (Å²) in [6.07, 6.45) is 6.40. The second-order valence-electron chi connectivity index (χ2n) is 8.19. The van der Waals surface area contributed by atoms with Crippen LogP contribution in [0.3, 0.4) is 0 Å². The lowest BCUT2D eigenvalue weighted by atomic mass is 9.97. The van der Waals surface area contributed by atoms with E-state index in [-0.39, 0.29) is 11.7 Å². The standard InChI is InChI=1S/C23H25N3O3S2/c24-20(27)15-6-3-5-14(11-15)13-30-23-25-21-19(17-8-1-2-9-18(17)31-21)22(28)26(23)12-16-7-4-10-29-16/h3,5-6,11,16H,1-2,4,7-10,12-13H2,(H2,24,27). The van der Waals surface area contributed by atoms with Crippen molar-refractivity contribution >= 4 is 39.2 Å². The van der Waals surface area contributed by atoms with E-state index in [0.29, 0.717) is 17.9 Å². The number of thioether (sulfide) groups is 1. The molecule has 2 aliphatic rings. The topological polar surface area (TPSA) is 87.2 Å². The molecule has 2 aromatic heterocycles. The van der Waals surface area contributed by atoms with Gasteiger partial charge in [-0.05, 0) is 61.8 Å². The van der Waals surface area contributed by atoms with Crippen molar-refractivity contribution in [2.75, 3.05) is 6.61 Å². The largest absolute Gasteiger partial charge is 0.376 e. The number of fused-ring (bicyclic) bond motifs is 3. The van der Waals surface area contributed by atoms with Crippen LogP contribution in [-0.4, -0.2) is 28.2 Å². The Morgan fingerprint density at radius 1 is 1.29 bits per heavy atom. The molecule has 1 saturated heterocycles. The average molecular weight is 456 g/mol. The average Bonchev–Trinajstić information content (AvgIpc) is 3.42. The Morgan fingerprint density at radius 3 is 2.97 bits per heavy atom. The van der Waals surface area contributed by atoms with E-state index in [1.807, 2.05) is 16.7 Å². The highest BCUT2D eigenvalue weighted by atomic mass is 32.2. The van der Waals surface area contributed by atoms with Crippen LogP contribution in [0.1, 0.15) is 52.0 Å². The molecule has 1 atom stereocenters. The lowest BCUT2D eigenvalue weighted by Crippen LogP contribution is -2.29. The summed E-state index contributed by atoms with van der Waals surface area (Å²) < 4.78 is 7.65. The summed E-state index contributed by atoms with van der Waals surface area (Å²) in [7, 11) is 0. The normalized spacial score (nSPS) is 18.4. The molecule has 0 saturated carbocycles. The van der Waals surface area contributed by atoms with Crippen LogP contribution in [-0.2, 0) is 29.9 Å². The molecule has 0 bridgehead atoms. The van der Waals surface area contributed by atoms with E-state index in [4.69, 9.17) is 15.5 Å². The molecule has 1 aliphatic heterocycles. The number of primary amides is 1. The zero-order valence-electron chi connectivity index (χ0n) is 17.3. The van der Waals surface area contributed by atoms with Gasteiger partial charge in [0.1, 0.15) is 4.83 Å². The number of nitrogens with two attached hydrogens (primary N) is 1. The molecule has 8 heteroatoms. The minimum Gasteiger partial charge on any atom is -0.376 e. The molecule has 1 aromatic carbocycles. The van der Waals surface area contributed by atoms with Crippen molar-refractivity contribution in [3.8, 4) is 0 Å². The summed E-state index contributed by atoms with van der Waals surface area (Å²) in [4.78, 5) is 32.3. The van der Waals surface area contributed by atoms with Gasteiger partial charge < -0.3 is 10.5 Å². The maximum absolute atomic E-state index is 13.6. The third-order valence-corrected chi connectivity index (χ3v) is 8.26. The molecule has 1 aliphatic carbocycles. The van der Waals surface area contributed by atoms with Gasteiger partial charge in [0.2, 0.25) is 5.91 Å². The van der Waals surface area contributed by atoms with Gasteiger partial charge in [-0.3, -0.25) is 14.2 Å².